The van der Waals surface area contributed by atoms with E-state index < -0.39 is 11.9 Å². The van der Waals surface area contributed by atoms with Crippen molar-refractivity contribution >= 4 is 50.9 Å². The summed E-state index contributed by atoms with van der Waals surface area (Å²) in [5, 5.41) is 3.20. The zero-order valence-corrected chi connectivity index (χ0v) is 18.8. The fraction of sp³-hybridized carbons (Fsp3) is 0.292. The molecule has 2 aromatic carbocycles. The third-order valence-corrected chi connectivity index (χ3v) is 7.39. The molecule has 5 nitrogen and oxygen atoms in total. The van der Waals surface area contributed by atoms with Gasteiger partial charge in [0.1, 0.15) is 6.04 Å². The van der Waals surface area contributed by atoms with Gasteiger partial charge < -0.3 is 5.32 Å². The smallest absolute Gasteiger partial charge is 0.248 e. The Kier molecular flexibility index (Phi) is 5.22. The van der Waals surface area contributed by atoms with Gasteiger partial charge >= 0.3 is 0 Å². The molecule has 5 rings (SSSR count). The van der Waals surface area contributed by atoms with Crippen LogP contribution in [0.5, 0.6) is 0 Å². The van der Waals surface area contributed by atoms with Crippen LogP contribution < -0.4 is 5.32 Å². The lowest BCUT2D eigenvalue weighted by atomic mass is 9.85. The molecule has 3 amide bonds. The van der Waals surface area contributed by atoms with Crippen molar-refractivity contribution in [2.24, 2.45) is 23.7 Å². The molecule has 31 heavy (non-hydrogen) atoms. The van der Waals surface area contributed by atoms with Gasteiger partial charge in [0.15, 0.2) is 0 Å². The largest absolute Gasteiger partial charge is 0.323 e. The van der Waals surface area contributed by atoms with Gasteiger partial charge in [-0.15, -0.1) is 0 Å². The Morgan fingerprint density at radius 1 is 1.06 bits per heavy atom. The van der Waals surface area contributed by atoms with E-state index >= 15 is 0 Å². The number of halogens is 2. The van der Waals surface area contributed by atoms with Crippen LogP contribution in [0, 0.1) is 23.7 Å². The first kappa shape index (κ1) is 20.5. The Balaban J connectivity index is 1.47. The van der Waals surface area contributed by atoms with E-state index in [-0.39, 0.29) is 41.9 Å². The summed E-state index contributed by atoms with van der Waals surface area (Å²) in [5.41, 5.74) is 1.32. The Hall–Kier alpha value is -2.44. The summed E-state index contributed by atoms with van der Waals surface area (Å²) in [4.78, 5) is 41.3. The molecule has 1 saturated heterocycles. The van der Waals surface area contributed by atoms with Crippen molar-refractivity contribution in [3.05, 3.63) is 75.7 Å². The van der Waals surface area contributed by atoms with Crippen molar-refractivity contribution in [1.29, 1.82) is 0 Å². The number of imide groups is 1. The molecule has 2 fully saturated rings. The van der Waals surface area contributed by atoms with Crippen LogP contribution in [-0.4, -0.2) is 28.7 Å². The Bertz CT molecular complexity index is 1070. The number of hydrogen-bond donors (Lipinski definition) is 1. The molecule has 1 heterocycles. The van der Waals surface area contributed by atoms with E-state index in [1.54, 1.807) is 18.2 Å². The molecular formula is C24H20BrClN2O3. The molecule has 2 aliphatic carbocycles. The van der Waals surface area contributed by atoms with Gasteiger partial charge in [-0.2, -0.15) is 0 Å². The number of fused-ring (bicyclic) bond motifs is 5. The van der Waals surface area contributed by atoms with Crippen LogP contribution in [0.1, 0.15) is 12.0 Å². The lowest BCUT2D eigenvalue weighted by molar-refractivity contribution is -0.147. The van der Waals surface area contributed by atoms with Gasteiger partial charge in [-0.1, -0.05) is 70.0 Å². The van der Waals surface area contributed by atoms with Gasteiger partial charge in [0, 0.05) is 10.9 Å². The predicted octanol–water partition coefficient (Wildman–Crippen LogP) is 4.46. The van der Waals surface area contributed by atoms with E-state index in [4.69, 9.17) is 11.6 Å². The van der Waals surface area contributed by atoms with Crippen LogP contribution in [0.3, 0.4) is 0 Å². The van der Waals surface area contributed by atoms with Gasteiger partial charge in [-0.25, -0.2) is 0 Å². The summed E-state index contributed by atoms with van der Waals surface area (Å²) in [6.45, 7) is 0. The number of nitrogens with one attached hydrogen (secondary N) is 1. The predicted molar refractivity (Wildman–Crippen MR) is 121 cm³/mol. The van der Waals surface area contributed by atoms with Gasteiger partial charge in [0.2, 0.25) is 17.7 Å². The molecule has 0 unspecified atom stereocenters. The molecular weight excluding hydrogens is 480 g/mol. The van der Waals surface area contributed by atoms with E-state index in [9.17, 15) is 14.4 Å². The van der Waals surface area contributed by atoms with Crippen molar-refractivity contribution in [3.63, 3.8) is 0 Å². The number of anilines is 1. The van der Waals surface area contributed by atoms with Crippen molar-refractivity contribution < 1.29 is 14.4 Å². The first-order valence-corrected chi connectivity index (χ1v) is 11.5. The van der Waals surface area contributed by atoms with Gasteiger partial charge in [-0.3, -0.25) is 19.3 Å². The van der Waals surface area contributed by atoms with E-state index in [2.05, 4.69) is 21.2 Å². The second-order valence-electron chi connectivity index (χ2n) is 8.37. The molecule has 5 atom stereocenters. The standard InChI is InChI=1S/C24H20BrClN2O3/c25-16-8-9-18(17(26)12-16)27-22(29)19(10-13-4-2-1-3-5-13)28-23(30)20-14-6-7-15(11-14)21(20)24(28)31/h1-9,12,14-15,19-21H,10-11H2,(H,27,29)/t14-,15+,19-,20-,21+/m1/s1. The van der Waals surface area contributed by atoms with Gasteiger partial charge in [0.25, 0.3) is 0 Å². The van der Waals surface area contributed by atoms with Crippen molar-refractivity contribution in [2.45, 2.75) is 18.9 Å². The SMILES string of the molecule is O=C(Nc1ccc(Br)cc1Cl)[C@@H](Cc1ccccc1)N1C(=O)[C@@H]2[C@H](C1=O)[C@@H]1C=C[C@H]2C1. The Morgan fingerprint density at radius 3 is 2.32 bits per heavy atom. The van der Waals surface area contributed by atoms with E-state index in [0.29, 0.717) is 10.7 Å². The van der Waals surface area contributed by atoms with Crippen LogP contribution in [0.4, 0.5) is 5.69 Å². The molecule has 3 aliphatic rings. The molecule has 1 aliphatic heterocycles. The van der Waals surface area contributed by atoms with Crippen molar-refractivity contribution in [2.75, 3.05) is 5.32 Å². The summed E-state index contributed by atoms with van der Waals surface area (Å²) in [6.07, 6.45) is 5.20. The maximum absolute atomic E-state index is 13.4. The van der Waals surface area contributed by atoms with E-state index in [0.717, 1.165) is 16.5 Å². The highest BCUT2D eigenvalue weighted by Crippen LogP contribution is 2.53. The average Bonchev–Trinajstić information content (AvgIpc) is 3.43. The number of likely N-dealkylation sites (tertiary alicyclic amines) is 1. The second-order valence-corrected chi connectivity index (χ2v) is 9.69. The molecule has 0 aromatic heterocycles. The second kappa shape index (κ2) is 7.92. The van der Waals surface area contributed by atoms with Gasteiger partial charge in [-0.05, 0) is 42.0 Å². The highest BCUT2D eigenvalue weighted by Gasteiger charge is 2.61. The summed E-state index contributed by atoms with van der Waals surface area (Å²) in [6, 6.07) is 13.6. The molecule has 7 heteroatoms. The zero-order valence-electron chi connectivity index (χ0n) is 16.5. The first-order chi connectivity index (χ1) is 14.9. The lowest BCUT2D eigenvalue weighted by Gasteiger charge is -2.27. The minimum Gasteiger partial charge on any atom is -0.323 e. The maximum atomic E-state index is 13.4. The molecule has 0 spiro atoms. The molecule has 1 N–H and O–H groups in total. The molecule has 1 saturated carbocycles. The Morgan fingerprint density at radius 2 is 1.71 bits per heavy atom. The number of hydrogen-bond acceptors (Lipinski definition) is 3. The van der Waals surface area contributed by atoms with Crippen LogP contribution in [0.2, 0.25) is 5.02 Å². The fourth-order valence-corrected chi connectivity index (χ4v) is 5.90. The Labute approximate surface area is 193 Å². The van der Waals surface area contributed by atoms with Gasteiger partial charge in [0.05, 0.1) is 22.5 Å². The van der Waals surface area contributed by atoms with Crippen LogP contribution in [0.15, 0.2) is 65.2 Å². The van der Waals surface area contributed by atoms with Crippen LogP contribution in [-0.2, 0) is 20.8 Å². The summed E-state index contributed by atoms with van der Waals surface area (Å²) < 4.78 is 0.789. The number of carbonyl (C=O) groups is 3. The monoisotopic (exact) mass is 498 g/mol. The van der Waals surface area contributed by atoms with Crippen LogP contribution >= 0.6 is 27.5 Å². The highest BCUT2D eigenvalue weighted by atomic mass is 79.9. The first-order valence-electron chi connectivity index (χ1n) is 10.3. The molecule has 2 aromatic rings. The van der Waals surface area contributed by atoms with E-state index in [1.165, 1.54) is 4.90 Å². The summed E-state index contributed by atoms with van der Waals surface area (Å²) in [5.74, 6) is -1.38. The third kappa shape index (κ3) is 3.52. The molecule has 0 radical (unpaired) electrons. The summed E-state index contributed by atoms with van der Waals surface area (Å²) >= 11 is 9.63. The quantitative estimate of drug-likeness (QED) is 0.488. The van der Waals surface area contributed by atoms with Crippen molar-refractivity contribution in [3.8, 4) is 0 Å². The third-order valence-electron chi connectivity index (χ3n) is 6.58. The molecule has 2 bridgehead atoms. The molecule has 158 valence electrons. The lowest BCUT2D eigenvalue weighted by Crippen LogP contribution is -2.49. The normalized spacial score (nSPS) is 27.0. The van der Waals surface area contributed by atoms with Crippen LogP contribution in [0.25, 0.3) is 0 Å². The number of rotatable bonds is 5. The fourth-order valence-electron chi connectivity index (χ4n) is 5.18. The van der Waals surface area contributed by atoms with Crippen molar-refractivity contribution in [1.82, 2.24) is 4.90 Å². The number of carbonyl (C=O) groups excluding carboxylic acids is 3. The zero-order chi connectivity index (χ0) is 21.7. The topological polar surface area (TPSA) is 66.5 Å². The number of benzene rings is 2. The average molecular weight is 500 g/mol. The van der Waals surface area contributed by atoms with E-state index in [1.807, 2.05) is 42.5 Å². The highest BCUT2D eigenvalue weighted by molar-refractivity contribution is 9.10. The number of amides is 3. The minimum atomic E-state index is -0.938. The summed E-state index contributed by atoms with van der Waals surface area (Å²) in [7, 11) is 0. The number of nitrogens with zero attached hydrogens (tertiary/aromatic N) is 1. The number of allylic oxidation sites excluding steroid dienone is 2. The minimum absolute atomic E-state index is 0.0952. The maximum Gasteiger partial charge on any atom is 0.248 e.